The molecule has 0 aliphatic heterocycles. The van der Waals surface area contributed by atoms with Gasteiger partial charge in [0.15, 0.2) is 0 Å². The lowest BCUT2D eigenvalue weighted by atomic mass is 9.70. The second-order valence-corrected chi connectivity index (χ2v) is 10.9. The molecule has 0 radical (unpaired) electrons. The number of rotatable bonds is 1. The summed E-state index contributed by atoms with van der Waals surface area (Å²) in [6.07, 6.45) is 0. The van der Waals surface area contributed by atoms with Crippen molar-refractivity contribution in [2.24, 2.45) is 0 Å². The van der Waals surface area contributed by atoms with E-state index >= 15 is 0 Å². The molecule has 1 aromatic heterocycles. The van der Waals surface area contributed by atoms with Crippen LogP contribution in [0.4, 0.5) is 0 Å². The first kappa shape index (κ1) is 21.1. The summed E-state index contributed by atoms with van der Waals surface area (Å²) in [7, 11) is 0. The van der Waals surface area contributed by atoms with Crippen molar-refractivity contribution in [3.8, 4) is 33.4 Å². The fourth-order valence-corrected chi connectivity index (χ4v) is 7.55. The molecule has 0 saturated carbocycles. The van der Waals surface area contributed by atoms with Crippen molar-refractivity contribution < 1.29 is 4.42 Å². The highest BCUT2D eigenvalue weighted by molar-refractivity contribution is 6.12. The van der Waals surface area contributed by atoms with E-state index in [0.29, 0.717) is 0 Å². The van der Waals surface area contributed by atoms with Crippen LogP contribution in [0, 0.1) is 6.92 Å². The minimum atomic E-state index is -0.341. The van der Waals surface area contributed by atoms with E-state index in [1.807, 2.05) is 6.07 Å². The third kappa shape index (κ3) is 2.51. The molecule has 6 aromatic carbocycles. The smallest absolute Gasteiger partial charge is 0.136 e. The molecule has 182 valence electrons. The SMILES string of the molecule is Cc1cccc2c1-c1ccc(-c3cccc4oc5ccccc5c34)cc1C21c2ccccc2-c2ccccc21. The number of benzene rings is 6. The van der Waals surface area contributed by atoms with Crippen molar-refractivity contribution in [1.82, 2.24) is 0 Å². The first-order valence-electron chi connectivity index (χ1n) is 13.6. The predicted octanol–water partition coefficient (Wildman–Crippen LogP) is 9.90. The molecule has 39 heavy (non-hydrogen) atoms. The Morgan fingerprint density at radius 1 is 0.487 bits per heavy atom. The fraction of sp³-hybridized carbons (Fsp3) is 0.0526. The number of hydrogen-bond acceptors (Lipinski definition) is 1. The quantitative estimate of drug-likeness (QED) is 0.220. The summed E-state index contributed by atoms with van der Waals surface area (Å²) in [5.74, 6) is 0. The molecule has 2 aliphatic rings. The number of furan rings is 1. The van der Waals surface area contributed by atoms with Gasteiger partial charge in [0.2, 0.25) is 0 Å². The molecule has 1 nitrogen and oxygen atoms in total. The topological polar surface area (TPSA) is 13.1 Å². The second kappa shape index (κ2) is 7.36. The monoisotopic (exact) mass is 496 g/mol. The molecule has 0 atom stereocenters. The maximum Gasteiger partial charge on any atom is 0.136 e. The van der Waals surface area contributed by atoms with Gasteiger partial charge in [0.05, 0.1) is 5.41 Å². The van der Waals surface area contributed by atoms with Crippen LogP contribution in [-0.4, -0.2) is 0 Å². The van der Waals surface area contributed by atoms with Crippen LogP contribution in [0.2, 0.25) is 0 Å². The largest absolute Gasteiger partial charge is 0.456 e. The minimum Gasteiger partial charge on any atom is -0.456 e. The van der Waals surface area contributed by atoms with Crippen LogP contribution in [0.15, 0.2) is 132 Å². The Labute approximate surface area is 227 Å². The molecule has 2 aliphatic carbocycles. The van der Waals surface area contributed by atoms with Crippen LogP contribution >= 0.6 is 0 Å². The van der Waals surface area contributed by atoms with Crippen molar-refractivity contribution in [3.05, 3.63) is 155 Å². The standard InChI is InChI=1S/C38H24O/c1-23-10-8-17-32-36(23)28-21-20-24(25-14-9-19-35-37(25)29-13-4-7-18-34(29)39-35)22-33(28)38(32)30-15-5-2-11-26(30)27-12-3-6-16-31(27)38/h2-22H,1H3. The molecule has 0 fully saturated rings. The van der Waals surface area contributed by atoms with Gasteiger partial charge >= 0.3 is 0 Å². The maximum atomic E-state index is 6.26. The van der Waals surface area contributed by atoms with Crippen molar-refractivity contribution >= 4 is 21.9 Å². The van der Waals surface area contributed by atoms with Gasteiger partial charge in [0.25, 0.3) is 0 Å². The van der Waals surface area contributed by atoms with Crippen molar-refractivity contribution in [3.63, 3.8) is 0 Å². The van der Waals surface area contributed by atoms with E-state index in [1.54, 1.807) is 0 Å². The number of fused-ring (bicyclic) bond motifs is 13. The van der Waals surface area contributed by atoms with E-state index in [0.717, 1.165) is 16.6 Å². The molecule has 0 bridgehead atoms. The van der Waals surface area contributed by atoms with Gasteiger partial charge in [0, 0.05) is 10.8 Å². The van der Waals surface area contributed by atoms with E-state index in [-0.39, 0.29) is 5.41 Å². The highest BCUT2D eigenvalue weighted by Crippen LogP contribution is 2.63. The van der Waals surface area contributed by atoms with E-state index in [1.165, 1.54) is 66.6 Å². The van der Waals surface area contributed by atoms with E-state index < -0.39 is 0 Å². The minimum absolute atomic E-state index is 0.341. The number of aryl methyl sites for hydroxylation is 1. The molecule has 9 rings (SSSR count). The molecule has 7 aromatic rings. The van der Waals surface area contributed by atoms with Crippen LogP contribution in [-0.2, 0) is 5.41 Å². The summed E-state index contributed by atoms with van der Waals surface area (Å²) in [5.41, 5.74) is 16.2. The molecule has 0 amide bonds. The van der Waals surface area contributed by atoms with Crippen molar-refractivity contribution in [1.29, 1.82) is 0 Å². The summed E-state index contributed by atoms with van der Waals surface area (Å²) in [6.45, 7) is 2.25. The van der Waals surface area contributed by atoms with Gasteiger partial charge in [-0.05, 0) is 86.3 Å². The Bertz CT molecular complexity index is 2100. The molecule has 1 heteroatoms. The molecule has 0 saturated heterocycles. The summed E-state index contributed by atoms with van der Waals surface area (Å²) < 4.78 is 6.26. The summed E-state index contributed by atoms with van der Waals surface area (Å²) in [5, 5.41) is 2.34. The van der Waals surface area contributed by atoms with Crippen LogP contribution in [0.1, 0.15) is 27.8 Å². The van der Waals surface area contributed by atoms with Crippen molar-refractivity contribution in [2.75, 3.05) is 0 Å². The third-order valence-corrected chi connectivity index (χ3v) is 9.04. The molecule has 1 spiro atoms. The lowest BCUT2D eigenvalue weighted by Crippen LogP contribution is -2.25. The second-order valence-electron chi connectivity index (χ2n) is 10.9. The van der Waals surface area contributed by atoms with Crippen molar-refractivity contribution in [2.45, 2.75) is 12.3 Å². The zero-order valence-corrected chi connectivity index (χ0v) is 21.5. The molecule has 0 unspecified atom stereocenters. The molecular formula is C38H24O. The van der Waals surface area contributed by atoms with Crippen LogP contribution < -0.4 is 0 Å². The summed E-state index contributed by atoms with van der Waals surface area (Å²) in [6, 6.07) is 46.7. The predicted molar refractivity (Wildman–Crippen MR) is 160 cm³/mol. The van der Waals surface area contributed by atoms with Crippen LogP contribution in [0.3, 0.4) is 0 Å². The molecular weight excluding hydrogens is 472 g/mol. The average Bonchev–Trinajstić information content (AvgIpc) is 3.61. The average molecular weight is 497 g/mol. The van der Waals surface area contributed by atoms with E-state index in [2.05, 4.69) is 128 Å². The van der Waals surface area contributed by atoms with Gasteiger partial charge < -0.3 is 4.42 Å². The lowest BCUT2D eigenvalue weighted by molar-refractivity contribution is 0.669. The van der Waals surface area contributed by atoms with E-state index in [9.17, 15) is 0 Å². The van der Waals surface area contributed by atoms with Gasteiger partial charge in [-0.1, -0.05) is 109 Å². The Balaban J connectivity index is 1.42. The van der Waals surface area contributed by atoms with Gasteiger partial charge in [-0.3, -0.25) is 0 Å². The van der Waals surface area contributed by atoms with Crippen LogP contribution in [0.5, 0.6) is 0 Å². The summed E-state index contributed by atoms with van der Waals surface area (Å²) in [4.78, 5) is 0. The number of hydrogen-bond donors (Lipinski definition) is 0. The summed E-state index contributed by atoms with van der Waals surface area (Å²) >= 11 is 0. The normalized spacial score (nSPS) is 14.0. The first-order chi connectivity index (χ1) is 19.3. The zero-order valence-electron chi connectivity index (χ0n) is 21.5. The van der Waals surface area contributed by atoms with Gasteiger partial charge in [0.1, 0.15) is 11.2 Å². The molecule has 0 N–H and O–H groups in total. The maximum absolute atomic E-state index is 6.26. The Hall–Kier alpha value is -4.88. The third-order valence-electron chi connectivity index (χ3n) is 9.04. The fourth-order valence-electron chi connectivity index (χ4n) is 7.55. The van der Waals surface area contributed by atoms with Gasteiger partial charge in [-0.25, -0.2) is 0 Å². The molecule has 1 heterocycles. The first-order valence-corrected chi connectivity index (χ1v) is 13.6. The Kier molecular flexibility index (Phi) is 3.98. The Morgan fingerprint density at radius 3 is 1.95 bits per heavy atom. The van der Waals surface area contributed by atoms with E-state index in [4.69, 9.17) is 4.42 Å². The lowest BCUT2D eigenvalue weighted by Gasteiger charge is -2.30. The van der Waals surface area contributed by atoms with Crippen LogP contribution in [0.25, 0.3) is 55.3 Å². The van der Waals surface area contributed by atoms with Gasteiger partial charge in [-0.15, -0.1) is 0 Å². The zero-order chi connectivity index (χ0) is 25.7. The highest BCUT2D eigenvalue weighted by Gasteiger charge is 2.51. The van der Waals surface area contributed by atoms with Gasteiger partial charge in [-0.2, -0.15) is 0 Å². The number of para-hydroxylation sites is 1. The Morgan fingerprint density at radius 2 is 1.13 bits per heavy atom. The highest BCUT2D eigenvalue weighted by atomic mass is 16.3.